The standard InChI is InChI=1S/C15H11F2N3O/c1-8-6-10(16)3-4-11(8)14-19-15(21-20-14)9-2-5-13(18)12(17)7-9/h2-7H,18H2,1H3. The first kappa shape index (κ1) is 13.2. The van der Waals surface area contributed by atoms with Crippen LogP contribution in [0.2, 0.25) is 0 Å². The average molecular weight is 287 g/mol. The molecule has 1 heterocycles. The number of nitrogens with zero attached hydrogens (tertiary/aromatic N) is 2. The number of hydrogen-bond donors (Lipinski definition) is 1. The Balaban J connectivity index is 2.01. The van der Waals surface area contributed by atoms with Gasteiger partial charge in [0, 0.05) is 11.1 Å². The minimum atomic E-state index is -0.551. The highest BCUT2D eigenvalue weighted by molar-refractivity contribution is 5.63. The van der Waals surface area contributed by atoms with Gasteiger partial charge in [0.1, 0.15) is 11.6 Å². The number of nitrogen functional groups attached to an aromatic ring is 1. The Kier molecular flexibility index (Phi) is 3.13. The van der Waals surface area contributed by atoms with Gasteiger partial charge in [-0.2, -0.15) is 4.98 Å². The van der Waals surface area contributed by atoms with Gasteiger partial charge in [-0.05, 0) is 48.9 Å². The van der Waals surface area contributed by atoms with Crippen molar-refractivity contribution in [3.8, 4) is 22.8 Å². The van der Waals surface area contributed by atoms with Crippen molar-refractivity contribution < 1.29 is 13.3 Å². The van der Waals surface area contributed by atoms with E-state index in [2.05, 4.69) is 10.1 Å². The van der Waals surface area contributed by atoms with E-state index in [1.165, 1.54) is 24.3 Å². The van der Waals surface area contributed by atoms with E-state index < -0.39 is 5.82 Å². The second-order valence-electron chi connectivity index (χ2n) is 4.62. The van der Waals surface area contributed by atoms with E-state index in [1.54, 1.807) is 19.1 Å². The molecule has 0 aliphatic rings. The lowest BCUT2D eigenvalue weighted by Gasteiger charge is -2.00. The van der Waals surface area contributed by atoms with Crippen molar-refractivity contribution in [2.75, 3.05) is 5.73 Å². The molecule has 0 unspecified atom stereocenters. The molecular weight excluding hydrogens is 276 g/mol. The first-order valence-corrected chi connectivity index (χ1v) is 6.20. The van der Waals surface area contributed by atoms with Crippen molar-refractivity contribution in [3.63, 3.8) is 0 Å². The molecule has 0 bridgehead atoms. The number of nitrogens with two attached hydrogens (primary N) is 1. The minimum Gasteiger partial charge on any atom is -0.396 e. The Hall–Kier alpha value is -2.76. The summed E-state index contributed by atoms with van der Waals surface area (Å²) in [5.41, 5.74) is 7.24. The molecule has 3 rings (SSSR count). The smallest absolute Gasteiger partial charge is 0.258 e. The topological polar surface area (TPSA) is 64.9 Å². The lowest BCUT2D eigenvalue weighted by Crippen LogP contribution is -1.90. The molecule has 106 valence electrons. The van der Waals surface area contributed by atoms with E-state index >= 15 is 0 Å². The third kappa shape index (κ3) is 2.47. The summed E-state index contributed by atoms with van der Waals surface area (Å²) in [6, 6.07) is 8.52. The van der Waals surface area contributed by atoms with Crippen molar-refractivity contribution >= 4 is 5.69 Å². The second-order valence-corrected chi connectivity index (χ2v) is 4.62. The van der Waals surface area contributed by atoms with Gasteiger partial charge in [-0.1, -0.05) is 5.16 Å². The number of hydrogen-bond acceptors (Lipinski definition) is 4. The van der Waals surface area contributed by atoms with E-state index in [9.17, 15) is 8.78 Å². The molecule has 0 radical (unpaired) electrons. The molecule has 0 spiro atoms. The van der Waals surface area contributed by atoms with Crippen molar-refractivity contribution in [3.05, 3.63) is 53.6 Å². The van der Waals surface area contributed by atoms with Crippen LogP contribution in [0, 0.1) is 18.6 Å². The Bertz CT molecular complexity index is 814. The SMILES string of the molecule is Cc1cc(F)ccc1-c1noc(-c2ccc(N)c(F)c2)n1. The molecule has 3 aromatic rings. The number of rotatable bonds is 2. The van der Waals surface area contributed by atoms with Gasteiger partial charge in [0.25, 0.3) is 5.89 Å². The summed E-state index contributed by atoms with van der Waals surface area (Å²) in [7, 11) is 0. The molecule has 0 atom stereocenters. The zero-order valence-corrected chi connectivity index (χ0v) is 11.1. The Labute approximate surface area is 119 Å². The Morgan fingerprint density at radius 1 is 1.10 bits per heavy atom. The lowest BCUT2D eigenvalue weighted by atomic mass is 10.1. The van der Waals surface area contributed by atoms with E-state index in [0.717, 1.165) is 0 Å². The van der Waals surface area contributed by atoms with Gasteiger partial charge in [-0.3, -0.25) is 0 Å². The monoisotopic (exact) mass is 287 g/mol. The lowest BCUT2D eigenvalue weighted by molar-refractivity contribution is 0.432. The van der Waals surface area contributed by atoms with E-state index in [4.69, 9.17) is 10.3 Å². The average Bonchev–Trinajstić information content (AvgIpc) is 2.91. The molecule has 2 N–H and O–H groups in total. The fraction of sp³-hybridized carbons (Fsp3) is 0.0667. The summed E-state index contributed by atoms with van der Waals surface area (Å²) in [5.74, 6) is -0.391. The summed E-state index contributed by atoms with van der Waals surface area (Å²) >= 11 is 0. The number of halogens is 2. The maximum Gasteiger partial charge on any atom is 0.258 e. The molecule has 0 aliphatic carbocycles. The number of aromatic nitrogens is 2. The normalized spacial score (nSPS) is 10.8. The first-order valence-electron chi connectivity index (χ1n) is 6.20. The van der Waals surface area contributed by atoms with E-state index in [0.29, 0.717) is 22.5 Å². The third-order valence-corrected chi connectivity index (χ3v) is 3.10. The van der Waals surface area contributed by atoms with Crippen molar-refractivity contribution in [1.82, 2.24) is 10.1 Å². The van der Waals surface area contributed by atoms with Crippen LogP contribution in [0.3, 0.4) is 0 Å². The number of anilines is 1. The van der Waals surface area contributed by atoms with Crippen LogP contribution in [-0.2, 0) is 0 Å². The highest BCUT2D eigenvalue weighted by atomic mass is 19.1. The summed E-state index contributed by atoms with van der Waals surface area (Å²) in [5, 5.41) is 3.84. The van der Waals surface area contributed by atoms with E-state index in [1.807, 2.05) is 0 Å². The summed E-state index contributed by atoms with van der Waals surface area (Å²) in [6.45, 7) is 1.75. The zero-order chi connectivity index (χ0) is 15.0. The number of benzene rings is 2. The third-order valence-electron chi connectivity index (χ3n) is 3.10. The molecule has 1 aromatic heterocycles. The van der Waals surface area contributed by atoms with Crippen LogP contribution >= 0.6 is 0 Å². The molecule has 0 aliphatic heterocycles. The van der Waals surface area contributed by atoms with Crippen LogP contribution in [0.5, 0.6) is 0 Å². The molecular formula is C15H11F2N3O. The predicted octanol–water partition coefficient (Wildman–Crippen LogP) is 3.57. The van der Waals surface area contributed by atoms with Crippen LogP contribution < -0.4 is 5.73 Å². The summed E-state index contributed by atoms with van der Waals surface area (Å²) in [4.78, 5) is 4.20. The molecule has 2 aromatic carbocycles. The highest BCUT2D eigenvalue weighted by Gasteiger charge is 2.14. The van der Waals surface area contributed by atoms with Crippen LogP contribution in [-0.4, -0.2) is 10.1 Å². The highest BCUT2D eigenvalue weighted by Crippen LogP contribution is 2.26. The molecule has 0 fully saturated rings. The molecule has 21 heavy (non-hydrogen) atoms. The predicted molar refractivity (Wildman–Crippen MR) is 74.2 cm³/mol. The van der Waals surface area contributed by atoms with Crippen LogP contribution in [0.4, 0.5) is 14.5 Å². The van der Waals surface area contributed by atoms with Crippen LogP contribution in [0.1, 0.15) is 5.56 Å². The first-order chi connectivity index (χ1) is 10.0. The molecule has 6 heteroatoms. The van der Waals surface area contributed by atoms with Crippen molar-refractivity contribution in [1.29, 1.82) is 0 Å². The van der Waals surface area contributed by atoms with Gasteiger partial charge in [0.2, 0.25) is 5.82 Å². The van der Waals surface area contributed by atoms with Gasteiger partial charge in [-0.15, -0.1) is 0 Å². The molecule has 0 amide bonds. The quantitative estimate of drug-likeness (QED) is 0.732. The molecule has 4 nitrogen and oxygen atoms in total. The fourth-order valence-corrected chi connectivity index (χ4v) is 1.99. The largest absolute Gasteiger partial charge is 0.396 e. The maximum absolute atomic E-state index is 13.4. The fourth-order valence-electron chi connectivity index (χ4n) is 1.99. The number of aryl methyl sites for hydroxylation is 1. The van der Waals surface area contributed by atoms with Crippen LogP contribution in [0.15, 0.2) is 40.9 Å². The molecule has 0 saturated carbocycles. The zero-order valence-electron chi connectivity index (χ0n) is 11.1. The maximum atomic E-state index is 13.4. The van der Waals surface area contributed by atoms with Gasteiger partial charge in [-0.25, -0.2) is 8.78 Å². The van der Waals surface area contributed by atoms with Gasteiger partial charge in [0.05, 0.1) is 5.69 Å². The van der Waals surface area contributed by atoms with E-state index in [-0.39, 0.29) is 17.4 Å². The van der Waals surface area contributed by atoms with Crippen molar-refractivity contribution in [2.24, 2.45) is 0 Å². The van der Waals surface area contributed by atoms with Gasteiger partial charge < -0.3 is 10.3 Å². The molecule has 0 saturated heterocycles. The Morgan fingerprint density at radius 3 is 2.62 bits per heavy atom. The van der Waals surface area contributed by atoms with Crippen LogP contribution in [0.25, 0.3) is 22.8 Å². The minimum absolute atomic E-state index is 0.0490. The summed E-state index contributed by atoms with van der Waals surface area (Å²) < 4.78 is 31.7. The summed E-state index contributed by atoms with van der Waals surface area (Å²) in [6.07, 6.45) is 0. The second kappa shape index (κ2) is 4.97. The van der Waals surface area contributed by atoms with Gasteiger partial charge >= 0.3 is 0 Å². The van der Waals surface area contributed by atoms with Gasteiger partial charge in [0.15, 0.2) is 0 Å². The van der Waals surface area contributed by atoms with Crippen molar-refractivity contribution in [2.45, 2.75) is 6.92 Å². The Morgan fingerprint density at radius 2 is 1.90 bits per heavy atom.